The number of hydrogen-bond acceptors (Lipinski definition) is 6. The van der Waals surface area contributed by atoms with Crippen molar-refractivity contribution in [3.63, 3.8) is 0 Å². The van der Waals surface area contributed by atoms with E-state index in [2.05, 4.69) is 5.32 Å². The number of carbonyl (C=O) groups excluding carboxylic acids is 2. The van der Waals surface area contributed by atoms with Gasteiger partial charge in [-0.1, -0.05) is 12.1 Å². The fourth-order valence-corrected chi connectivity index (χ4v) is 3.11. The van der Waals surface area contributed by atoms with E-state index in [-0.39, 0.29) is 24.2 Å². The van der Waals surface area contributed by atoms with Crippen molar-refractivity contribution in [1.82, 2.24) is 5.32 Å². The number of methoxy groups -OCH3 is 1. The van der Waals surface area contributed by atoms with E-state index in [0.717, 1.165) is 25.0 Å². The summed E-state index contributed by atoms with van der Waals surface area (Å²) in [4.78, 5) is 24.7. The fourth-order valence-electron chi connectivity index (χ4n) is 3.11. The van der Waals surface area contributed by atoms with E-state index in [1.807, 2.05) is 0 Å². The van der Waals surface area contributed by atoms with E-state index in [1.165, 1.54) is 19.2 Å². The summed E-state index contributed by atoms with van der Waals surface area (Å²) in [6.07, 6.45) is 2.43. The lowest BCUT2D eigenvalue weighted by molar-refractivity contribution is -0.142. The number of carbonyl (C=O) groups is 2. The van der Waals surface area contributed by atoms with Crippen LogP contribution in [0.5, 0.6) is 11.5 Å². The van der Waals surface area contributed by atoms with Crippen LogP contribution in [0.15, 0.2) is 48.5 Å². The lowest BCUT2D eigenvalue weighted by atomic mass is 10.1. The van der Waals surface area contributed by atoms with Crippen molar-refractivity contribution in [2.45, 2.75) is 31.4 Å². The molecule has 154 valence electrons. The third-order valence-electron chi connectivity index (χ3n) is 4.74. The number of hydrogen-bond donors (Lipinski definition) is 2. The summed E-state index contributed by atoms with van der Waals surface area (Å²) in [6.45, 7) is 1.27. The fraction of sp³-hybridized carbons (Fsp3) is 0.364. The third-order valence-corrected chi connectivity index (χ3v) is 4.74. The number of nitrogens with one attached hydrogen (secondary N) is 1. The van der Waals surface area contributed by atoms with Crippen LogP contribution in [0.4, 0.5) is 0 Å². The normalized spacial score (nSPS) is 16.8. The Kier molecular flexibility index (Phi) is 7.08. The van der Waals surface area contributed by atoms with Gasteiger partial charge in [0.05, 0.1) is 13.2 Å². The number of aromatic hydroxyl groups is 1. The highest BCUT2D eigenvalue weighted by molar-refractivity contribution is 5.96. The van der Waals surface area contributed by atoms with Crippen molar-refractivity contribution in [3.05, 3.63) is 59.7 Å². The molecule has 1 aliphatic rings. The maximum atomic E-state index is 12.6. The van der Waals surface area contributed by atoms with Crippen LogP contribution in [0, 0.1) is 0 Å². The van der Waals surface area contributed by atoms with Gasteiger partial charge in [0.25, 0.3) is 5.91 Å². The minimum atomic E-state index is -0.840. The minimum Gasteiger partial charge on any atom is -0.508 e. The molecule has 0 radical (unpaired) electrons. The molecule has 1 amide bonds. The number of amides is 1. The highest BCUT2D eigenvalue weighted by atomic mass is 16.5. The van der Waals surface area contributed by atoms with Gasteiger partial charge in [-0.25, -0.2) is 4.79 Å². The van der Waals surface area contributed by atoms with Crippen molar-refractivity contribution in [3.8, 4) is 11.5 Å². The van der Waals surface area contributed by atoms with Gasteiger partial charge in [-0.15, -0.1) is 0 Å². The number of phenolic OH excluding ortho intramolecular Hbond substituents is 1. The molecule has 2 N–H and O–H groups in total. The zero-order valence-electron chi connectivity index (χ0n) is 16.3. The van der Waals surface area contributed by atoms with Crippen molar-refractivity contribution in [1.29, 1.82) is 0 Å². The second-order valence-corrected chi connectivity index (χ2v) is 6.89. The molecule has 0 aromatic heterocycles. The average molecular weight is 399 g/mol. The molecule has 1 saturated heterocycles. The number of phenols is 1. The summed E-state index contributed by atoms with van der Waals surface area (Å²) in [5.41, 5.74) is 1.20. The SMILES string of the molecule is COC(=O)[C@@H](Cc1ccc(O)cc1)NC(=O)c1ccc(OC[C@@H]2CCCO2)cc1. The van der Waals surface area contributed by atoms with E-state index in [9.17, 15) is 14.7 Å². The average Bonchev–Trinajstić information content (AvgIpc) is 3.26. The molecule has 2 aromatic rings. The predicted molar refractivity (Wildman–Crippen MR) is 106 cm³/mol. The molecule has 1 fully saturated rings. The summed E-state index contributed by atoms with van der Waals surface area (Å²) >= 11 is 0. The Morgan fingerprint density at radius 1 is 1.17 bits per heavy atom. The zero-order chi connectivity index (χ0) is 20.6. The molecule has 29 heavy (non-hydrogen) atoms. The van der Waals surface area contributed by atoms with Crippen LogP contribution in [0.25, 0.3) is 0 Å². The van der Waals surface area contributed by atoms with Crippen LogP contribution < -0.4 is 10.1 Å². The van der Waals surface area contributed by atoms with E-state index >= 15 is 0 Å². The Labute approximate surface area is 169 Å². The number of ether oxygens (including phenoxy) is 3. The first kappa shape index (κ1) is 20.7. The number of esters is 1. The van der Waals surface area contributed by atoms with Gasteiger partial charge in [0.2, 0.25) is 0 Å². The molecule has 0 spiro atoms. The Hall–Kier alpha value is -3.06. The van der Waals surface area contributed by atoms with Gasteiger partial charge in [0, 0.05) is 18.6 Å². The Balaban J connectivity index is 1.59. The predicted octanol–water partition coefficient (Wildman–Crippen LogP) is 2.46. The van der Waals surface area contributed by atoms with Crippen LogP contribution in [-0.4, -0.2) is 49.5 Å². The van der Waals surface area contributed by atoms with Gasteiger partial charge in [0.1, 0.15) is 24.1 Å². The van der Waals surface area contributed by atoms with Gasteiger partial charge in [-0.05, 0) is 54.8 Å². The minimum absolute atomic E-state index is 0.124. The Morgan fingerprint density at radius 2 is 1.90 bits per heavy atom. The van der Waals surface area contributed by atoms with Crippen LogP contribution in [-0.2, 0) is 20.7 Å². The summed E-state index contributed by atoms with van der Waals surface area (Å²) in [5.74, 6) is -0.132. The number of benzene rings is 2. The van der Waals surface area contributed by atoms with Gasteiger partial charge in [-0.3, -0.25) is 4.79 Å². The molecule has 0 saturated carbocycles. The van der Waals surface area contributed by atoms with Crippen LogP contribution >= 0.6 is 0 Å². The highest BCUT2D eigenvalue weighted by Crippen LogP contribution is 2.17. The smallest absolute Gasteiger partial charge is 0.328 e. The topological polar surface area (TPSA) is 94.1 Å². The largest absolute Gasteiger partial charge is 0.508 e. The first-order valence-electron chi connectivity index (χ1n) is 9.56. The van der Waals surface area contributed by atoms with Crippen LogP contribution in [0.2, 0.25) is 0 Å². The van der Waals surface area contributed by atoms with Crippen molar-refractivity contribution in [2.24, 2.45) is 0 Å². The van der Waals surface area contributed by atoms with Gasteiger partial charge < -0.3 is 24.6 Å². The molecule has 0 unspecified atom stereocenters. The molecule has 7 heteroatoms. The monoisotopic (exact) mass is 399 g/mol. The molecule has 2 atom stereocenters. The third kappa shape index (κ3) is 5.96. The molecule has 7 nitrogen and oxygen atoms in total. The molecular formula is C22H25NO6. The summed E-state index contributed by atoms with van der Waals surface area (Å²) < 4.78 is 16.0. The first-order chi connectivity index (χ1) is 14.0. The lowest BCUT2D eigenvalue weighted by Gasteiger charge is -2.17. The lowest BCUT2D eigenvalue weighted by Crippen LogP contribution is -2.43. The molecule has 1 heterocycles. The summed E-state index contributed by atoms with van der Waals surface area (Å²) in [6, 6.07) is 12.3. The van der Waals surface area contributed by atoms with E-state index in [1.54, 1.807) is 36.4 Å². The maximum absolute atomic E-state index is 12.6. The standard InChI is InChI=1S/C22H25NO6/c1-27-22(26)20(13-15-4-8-17(24)9-5-15)23-21(25)16-6-10-18(11-7-16)29-14-19-3-2-12-28-19/h4-11,19-20,24H,2-3,12-14H2,1H3,(H,23,25)/t19-,20+/m0/s1. The highest BCUT2D eigenvalue weighted by Gasteiger charge is 2.23. The summed E-state index contributed by atoms with van der Waals surface area (Å²) in [5, 5.41) is 12.1. The van der Waals surface area contributed by atoms with E-state index in [4.69, 9.17) is 14.2 Å². The zero-order valence-corrected chi connectivity index (χ0v) is 16.3. The van der Waals surface area contributed by atoms with Crippen molar-refractivity contribution >= 4 is 11.9 Å². The second kappa shape index (κ2) is 9.93. The Morgan fingerprint density at radius 3 is 2.52 bits per heavy atom. The van der Waals surface area contributed by atoms with Gasteiger partial charge >= 0.3 is 5.97 Å². The van der Waals surface area contributed by atoms with Crippen molar-refractivity contribution in [2.75, 3.05) is 20.3 Å². The van der Waals surface area contributed by atoms with Gasteiger partial charge in [0.15, 0.2) is 0 Å². The molecule has 0 aliphatic carbocycles. The van der Waals surface area contributed by atoms with Crippen molar-refractivity contribution < 1.29 is 28.9 Å². The van der Waals surface area contributed by atoms with Crippen LogP contribution in [0.1, 0.15) is 28.8 Å². The van der Waals surface area contributed by atoms with E-state index < -0.39 is 12.0 Å². The van der Waals surface area contributed by atoms with Crippen LogP contribution in [0.3, 0.4) is 0 Å². The Bertz CT molecular complexity index is 812. The first-order valence-corrected chi connectivity index (χ1v) is 9.56. The quantitative estimate of drug-likeness (QED) is 0.663. The van der Waals surface area contributed by atoms with Gasteiger partial charge in [-0.2, -0.15) is 0 Å². The van der Waals surface area contributed by atoms with E-state index in [0.29, 0.717) is 17.9 Å². The molecule has 1 aliphatic heterocycles. The second-order valence-electron chi connectivity index (χ2n) is 6.89. The molecule has 3 rings (SSSR count). The number of rotatable bonds is 8. The summed E-state index contributed by atoms with van der Waals surface area (Å²) in [7, 11) is 1.28. The molecule has 2 aromatic carbocycles. The molecular weight excluding hydrogens is 374 g/mol. The maximum Gasteiger partial charge on any atom is 0.328 e. The molecule has 0 bridgehead atoms.